The van der Waals surface area contributed by atoms with E-state index in [0.29, 0.717) is 34.4 Å². The Morgan fingerprint density at radius 3 is 2.42 bits per heavy atom. The Bertz CT molecular complexity index is 967. The first-order valence-electron chi connectivity index (χ1n) is 9.23. The Hall–Kier alpha value is -3.95. The Morgan fingerprint density at radius 2 is 1.71 bits per heavy atom. The fourth-order valence-corrected chi connectivity index (χ4v) is 2.62. The van der Waals surface area contributed by atoms with Crippen LogP contribution >= 0.6 is 0 Å². The second-order valence-corrected chi connectivity index (χ2v) is 6.33. The van der Waals surface area contributed by atoms with E-state index in [2.05, 4.69) is 10.5 Å². The zero-order chi connectivity index (χ0) is 22.2. The van der Waals surface area contributed by atoms with Crippen LogP contribution in [0.15, 0.2) is 41.6 Å². The van der Waals surface area contributed by atoms with Crippen molar-refractivity contribution in [2.75, 3.05) is 39.5 Å². The molecule has 0 saturated carbocycles. The molecule has 1 aliphatic heterocycles. The number of carbonyl (C=O) groups is 2. The molecule has 0 fully saturated rings. The third kappa shape index (κ3) is 6.01. The van der Waals surface area contributed by atoms with Crippen LogP contribution in [-0.4, -0.2) is 51.8 Å². The minimum atomic E-state index is -0.736. The molecule has 0 bridgehead atoms. The molecule has 2 aromatic rings. The SMILES string of the molecule is COc1cc(NC(=O)COC(=O)CO/N=C(/C)c2ccc3c(c2)OCO3)cc(OC)c1. The number of rotatable bonds is 9. The maximum Gasteiger partial charge on any atom is 0.347 e. The standard InChI is InChI=1S/C21H22N2O8/c1-13(14-4-5-18-19(6-14)30-12-29-18)23-31-11-21(25)28-10-20(24)22-15-7-16(26-2)9-17(8-15)27-3/h4-9H,10-12H2,1-3H3,(H,22,24)/b23-13-. The third-order valence-electron chi connectivity index (χ3n) is 4.17. The van der Waals surface area contributed by atoms with Crippen LogP contribution in [0, 0.1) is 0 Å². The lowest BCUT2D eigenvalue weighted by atomic mass is 10.1. The molecule has 10 nitrogen and oxygen atoms in total. The summed E-state index contributed by atoms with van der Waals surface area (Å²) in [5, 5.41) is 6.48. The molecule has 0 aromatic heterocycles. The summed E-state index contributed by atoms with van der Waals surface area (Å²) in [6, 6.07) is 10.2. The number of benzene rings is 2. The molecule has 1 heterocycles. The van der Waals surface area contributed by atoms with Gasteiger partial charge in [-0.05, 0) is 25.1 Å². The lowest BCUT2D eigenvalue weighted by molar-refractivity contribution is -0.151. The molecular weight excluding hydrogens is 408 g/mol. The van der Waals surface area contributed by atoms with Crippen molar-refractivity contribution in [2.45, 2.75) is 6.92 Å². The first kappa shape index (κ1) is 21.8. The molecular formula is C21H22N2O8. The Morgan fingerprint density at radius 1 is 1.00 bits per heavy atom. The topological polar surface area (TPSA) is 114 Å². The molecule has 2 aromatic carbocycles. The number of nitrogens with one attached hydrogen (secondary N) is 1. The van der Waals surface area contributed by atoms with Crippen LogP contribution in [0.3, 0.4) is 0 Å². The molecule has 1 amide bonds. The summed E-state index contributed by atoms with van der Waals surface area (Å²) in [7, 11) is 3.00. The van der Waals surface area contributed by atoms with Crippen LogP contribution in [0.1, 0.15) is 12.5 Å². The van der Waals surface area contributed by atoms with E-state index in [1.165, 1.54) is 14.2 Å². The average molecular weight is 430 g/mol. The van der Waals surface area contributed by atoms with Gasteiger partial charge in [0.05, 0.1) is 19.9 Å². The van der Waals surface area contributed by atoms with Crippen molar-refractivity contribution in [3.05, 3.63) is 42.0 Å². The number of carbonyl (C=O) groups excluding carboxylic acids is 2. The smallest absolute Gasteiger partial charge is 0.347 e. The van der Waals surface area contributed by atoms with E-state index in [1.54, 1.807) is 43.3 Å². The van der Waals surface area contributed by atoms with E-state index in [4.69, 9.17) is 28.5 Å². The van der Waals surface area contributed by atoms with Gasteiger partial charge in [-0.3, -0.25) is 4.79 Å². The predicted molar refractivity (Wildman–Crippen MR) is 110 cm³/mol. The molecule has 164 valence electrons. The van der Waals surface area contributed by atoms with Gasteiger partial charge in [0, 0.05) is 29.4 Å². The Labute approximate surface area is 178 Å². The summed E-state index contributed by atoms with van der Waals surface area (Å²) in [6.07, 6.45) is 0. The molecule has 0 unspecified atom stereocenters. The van der Waals surface area contributed by atoms with E-state index in [9.17, 15) is 9.59 Å². The largest absolute Gasteiger partial charge is 0.497 e. The van der Waals surface area contributed by atoms with E-state index < -0.39 is 25.1 Å². The minimum absolute atomic E-state index is 0.177. The molecule has 10 heteroatoms. The first-order chi connectivity index (χ1) is 15.0. The number of nitrogens with zero attached hydrogens (tertiary/aromatic N) is 1. The second kappa shape index (κ2) is 10.2. The van der Waals surface area contributed by atoms with Crippen LogP contribution in [0.2, 0.25) is 0 Å². The van der Waals surface area contributed by atoms with Gasteiger partial charge in [0.15, 0.2) is 18.1 Å². The molecule has 0 radical (unpaired) electrons. The van der Waals surface area contributed by atoms with Gasteiger partial charge >= 0.3 is 5.97 Å². The number of anilines is 1. The van der Waals surface area contributed by atoms with Gasteiger partial charge in [0.2, 0.25) is 13.4 Å². The highest BCUT2D eigenvalue weighted by molar-refractivity contribution is 5.99. The Kier molecular flexibility index (Phi) is 7.15. The van der Waals surface area contributed by atoms with Crippen molar-refractivity contribution >= 4 is 23.3 Å². The van der Waals surface area contributed by atoms with Crippen molar-refractivity contribution in [1.82, 2.24) is 0 Å². The zero-order valence-corrected chi connectivity index (χ0v) is 17.3. The zero-order valence-electron chi connectivity index (χ0n) is 17.3. The molecule has 31 heavy (non-hydrogen) atoms. The predicted octanol–water partition coefficient (Wildman–Crippen LogP) is 2.36. The van der Waals surface area contributed by atoms with E-state index >= 15 is 0 Å². The van der Waals surface area contributed by atoms with Crippen LogP contribution < -0.4 is 24.3 Å². The number of oxime groups is 1. The molecule has 0 saturated heterocycles. The maximum atomic E-state index is 12.0. The molecule has 1 aliphatic rings. The second-order valence-electron chi connectivity index (χ2n) is 6.33. The van der Waals surface area contributed by atoms with Crippen LogP contribution in [0.4, 0.5) is 5.69 Å². The van der Waals surface area contributed by atoms with Gasteiger partial charge < -0.3 is 33.8 Å². The lowest BCUT2D eigenvalue weighted by Crippen LogP contribution is -2.22. The summed E-state index contributed by atoms with van der Waals surface area (Å²) in [5.74, 6) is 1.04. The highest BCUT2D eigenvalue weighted by atomic mass is 16.7. The number of hydrogen-bond acceptors (Lipinski definition) is 9. The minimum Gasteiger partial charge on any atom is -0.497 e. The number of amides is 1. The van der Waals surface area contributed by atoms with E-state index in [-0.39, 0.29) is 6.79 Å². The molecule has 0 atom stereocenters. The highest BCUT2D eigenvalue weighted by Crippen LogP contribution is 2.32. The van der Waals surface area contributed by atoms with Crippen molar-refractivity contribution in [1.29, 1.82) is 0 Å². The van der Waals surface area contributed by atoms with Gasteiger partial charge in [-0.25, -0.2) is 4.79 Å². The average Bonchev–Trinajstić information content (AvgIpc) is 3.25. The number of esters is 1. The fraction of sp³-hybridized carbons (Fsp3) is 0.286. The summed E-state index contributed by atoms with van der Waals surface area (Å²) in [4.78, 5) is 28.8. The number of ether oxygens (including phenoxy) is 5. The molecule has 0 spiro atoms. The van der Waals surface area contributed by atoms with Gasteiger partial charge in [0.25, 0.3) is 5.91 Å². The fourth-order valence-electron chi connectivity index (χ4n) is 2.62. The van der Waals surface area contributed by atoms with Crippen LogP contribution in [0.5, 0.6) is 23.0 Å². The summed E-state index contributed by atoms with van der Waals surface area (Å²) >= 11 is 0. The normalized spacial score (nSPS) is 12.2. The number of methoxy groups -OCH3 is 2. The van der Waals surface area contributed by atoms with Gasteiger partial charge in [-0.15, -0.1) is 0 Å². The maximum absolute atomic E-state index is 12.0. The van der Waals surface area contributed by atoms with Crippen molar-refractivity contribution in [3.63, 3.8) is 0 Å². The molecule has 1 N–H and O–H groups in total. The summed E-state index contributed by atoms with van der Waals surface area (Å²) in [5.41, 5.74) is 1.74. The Balaban J connectivity index is 1.43. The van der Waals surface area contributed by atoms with Gasteiger partial charge in [-0.2, -0.15) is 0 Å². The van der Waals surface area contributed by atoms with E-state index in [0.717, 1.165) is 5.56 Å². The first-order valence-corrected chi connectivity index (χ1v) is 9.23. The molecule has 3 rings (SSSR count). The van der Waals surface area contributed by atoms with Crippen molar-refractivity contribution in [3.8, 4) is 23.0 Å². The van der Waals surface area contributed by atoms with Crippen LogP contribution in [0.25, 0.3) is 0 Å². The monoisotopic (exact) mass is 430 g/mol. The van der Waals surface area contributed by atoms with Gasteiger partial charge in [0.1, 0.15) is 11.5 Å². The van der Waals surface area contributed by atoms with E-state index in [1.807, 2.05) is 0 Å². The quantitative estimate of drug-likeness (QED) is 0.366. The van der Waals surface area contributed by atoms with Crippen molar-refractivity contribution in [2.24, 2.45) is 5.16 Å². The van der Waals surface area contributed by atoms with Crippen LogP contribution in [-0.2, 0) is 19.2 Å². The molecule has 0 aliphatic carbocycles. The van der Waals surface area contributed by atoms with Crippen molar-refractivity contribution < 1.29 is 38.1 Å². The summed E-state index contributed by atoms with van der Waals surface area (Å²) in [6.45, 7) is 0.976. The summed E-state index contributed by atoms with van der Waals surface area (Å²) < 4.78 is 25.7. The lowest BCUT2D eigenvalue weighted by Gasteiger charge is -2.10. The highest BCUT2D eigenvalue weighted by Gasteiger charge is 2.14. The third-order valence-corrected chi connectivity index (χ3v) is 4.17. The number of fused-ring (bicyclic) bond motifs is 1. The number of hydrogen-bond donors (Lipinski definition) is 1. The van der Waals surface area contributed by atoms with Gasteiger partial charge in [-0.1, -0.05) is 5.16 Å².